The Hall–Kier alpha value is -2.17. The Labute approximate surface area is 131 Å². The minimum absolute atomic E-state index is 0.0110. The summed E-state index contributed by atoms with van der Waals surface area (Å²) in [6.45, 7) is 6.13. The van der Waals surface area contributed by atoms with Gasteiger partial charge in [0.25, 0.3) is 0 Å². The summed E-state index contributed by atoms with van der Waals surface area (Å²) in [5, 5.41) is 6.83. The van der Waals surface area contributed by atoms with E-state index in [2.05, 4.69) is 28.4 Å². The van der Waals surface area contributed by atoms with Gasteiger partial charge in [-0.15, -0.1) is 0 Å². The van der Waals surface area contributed by atoms with E-state index in [4.69, 9.17) is 4.52 Å². The Bertz CT molecular complexity index is 620. The standard InChI is InChI=1S/C17H23N3O2/c1-4-13-7-5-8-14(11-13)18-15(21)9-6-10-16-19-17(12(2)3)20-22-16/h5,7-8,11-12H,4,6,9-10H2,1-3H3,(H,18,21). The molecule has 0 saturated heterocycles. The van der Waals surface area contributed by atoms with E-state index < -0.39 is 0 Å². The third-order valence-electron chi connectivity index (χ3n) is 3.41. The first-order chi connectivity index (χ1) is 10.6. The quantitative estimate of drug-likeness (QED) is 0.846. The predicted molar refractivity (Wildman–Crippen MR) is 85.8 cm³/mol. The van der Waals surface area contributed by atoms with Crippen molar-refractivity contribution in [2.75, 3.05) is 5.32 Å². The molecule has 5 heteroatoms. The van der Waals surface area contributed by atoms with Gasteiger partial charge in [-0.1, -0.05) is 38.1 Å². The molecule has 0 unspecified atom stereocenters. The predicted octanol–water partition coefficient (Wildman–Crippen LogP) is 3.72. The van der Waals surface area contributed by atoms with Gasteiger partial charge < -0.3 is 9.84 Å². The third-order valence-corrected chi connectivity index (χ3v) is 3.41. The van der Waals surface area contributed by atoms with Crippen molar-refractivity contribution in [2.45, 2.75) is 52.4 Å². The number of nitrogens with zero attached hydrogens (tertiary/aromatic N) is 2. The van der Waals surface area contributed by atoms with Gasteiger partial charge in [0.15, 0.2) is 5.82 Å². The van der Waals surface area contributed by atoms with Crippen LogP contribution in [0.2, 0.25) is 0 Å². The van der Waals surface area contributed by atoms with Crippen molar-refractivity contribution in [3.63, 3.8) is 0 Å². The summed E-state index contributed by atoms with van der Waals surface area (Å²) >= 11 is 0. The highest BCUT2D eigenvalue weighted by Gasteiger charge is 2.10. The van der Waals surface area contributed by atoms with Gasteiger partial charge in [-0.05, 0) is 30.5 Å². The fourth-order valence-electron chi connectivity index (χ4n) is 2.10. The van der Waals surface area contributed by atoms with Crippen LogP contribution < -0.4 is 5.32 Å². The molecular weight excluding hydrogens is 278 g/mol. The molecule has 0 aliphatic heterocycles. The number of aryl methyl sites for hydroxylation is 2. The monoisotopic (exact) mass is 301 g/mol. The smallest absolute Gasteiger partial charge is 0.226 e. The first-order valence-corrected chi connectivity index (χ1v) is 7.79. The number of nitrogens with one attached hydrogen (secondary N) is 1. The van der Waals surface area contributed by atoms with Crippen LogP contribution in [0.5, 0.6) is 0 Å². The van der Waals surface area contributed by atoms with E-state index >= 15 is 0 Å². The molecule has 2 rings (SSSR count). The maximum absolute atomic E-state index is 11.9. The third kappa shape index (κ3) is 4.69. The normalized spacial score (nSPS) is 10.9. The zero-order valence-corrected chi connectivity index (χ0v) is 13.4. The highest BCUT2D eigenvalue weighted by atomic mass is 16.5. The van der Waals surface area contributed by atoms with E-state index in [0.29, 0.717) is 25.2 Å². The summed E-state index contributed by atoms with van der Waals surface area (Å²) < 4.78 is 5.16. The Balaban J connectivity index is 1.77. The summed E-state index contributed by atoms with van der Waals surface area (Å²) in [6, 6.07) is 7.92. The molecule has 118 valence electrons. The van der Waals surface area contributed by atoms with Crippen LogP contribution in [-0.4, -0.2) is 16.0 Å². The van der Waals surface area contributed by atoms with Crippen LogP contribution in [0, 0.1) is 0 Å². The van der Waals surface area contributed by atoms with Crippen LogP contribution in [0.4, 0.5) is 5.69 Å². The Morgan fingerprint density at radius 2 is 2.18 bits per heavy atom. The van der Waals surface area contributed by atoms with Crippen LogP contribution in [0.15, 0.2) is 28.8 Å². The molecule has 1 heterocycles. The highest BCUT2D eigenvalue weighted by molar-refractivity contribution is 5.90. The number of aromatic nitrogens is 2. The molecule has 0 bridgehead atoms. The average Bonchev–Trinajstić information content (AvgIpc) is 2.96. The zero-order valence-electron chi connectivity index (χ0n) is 13.4. The van der Waals surface area contributed by atoms with Crippen LogP contribution in [0.3, 0.4) is 0 Å². The van der Waals surface area contributed by atoms with E-state index in [1.165, 1.54) is 5.56 Å². The first kappa shape index (κ1) is 16.2. The number of rotatable bonds is 7. The van der Waals surface area contributed by atoms with Gasteiger partial charge in [-0.3, -0.25) is 4.79 Å². The average molecular weight is 301 g/mol. The topological polar surface area (TPSA) is 68.0 Å². The van der Waals surface area contributed by atoms with Gasteiger partial charge in [0.05, 0.1) is 0 Å². The molecule has 0 aliphatic carbocycles. The molecule has 5 nitrogen and oxygen atoms in total. The van der Waals surface area contributed by atoms with Crippen LogP contribution in [-0.2, 0) is 17.6 Å². The van der Waals surface area contributed by atoms with Crippen LogP contribution in [0.25, 0.3) is 0 Å². The Morgan fingerprint density at radius 1 is 1.36 bits per heavy atom. The fourth-order valence-corrected chi connectivity index (χ4v) is 2.10. The molecule has 1 aromatic heterocycles. The van der Waals surface area contributed by atoms with E-state index in [-0.39, 0.29) is 11.8 Å². The van der Waals surface area contributed by atoms with Crippen molar-refractivity contribution in [3.05, 3.63) is 41.5 Å². The lowest BCUT2D eigenvalue weighted by atomic mass is 10.1. The first-order valence-electron chi connectivity index (χ1n) is 7.79. The summed E-state index contributed by atoms with van der Waals surface area (Å²) in [4.78, 5) is 16.2. The second-order valence-corrected chi connectivity index (χ2v) is 5.66. The lowest BCUT2D eigenvalue weighted by molar-refractivity contribution is -0.116. The number of amides is 1. The van der Waals surface area contributed by atoms with Gasteiger partial charge in [0, 0.05) is 24.4 Å². The van der Waals surface area contributed by atoms with Crippen molar-refractivity contribution < 1.29 is 9.32 Å². The molecule has 22 heavy (non-hydrogen) atoms. The molecular formula is C17H23N3O2. The lowest BCUT2D eigenvalue weighted by Crippen LogP contribution is -2.11. The van der Waals surface area contributed by atoms with Crippen molar-refractivity contribution in [3.8, 4) is 0 Å². The summed E-state index contributed by atoms with van der Waals surface area (Å²) in [5.74, 6) is 1.59. The van der Waals surface area contributed by atoms with Gasteiger partial charge in [-0.2, -0.15) is 4.98 Å². The van der Waals surface area contributed by atoms with E-state index in [1.807, 2.05) is 32.0 Å². The number of carbonyl (C=O) groups excluding carboxylic acids is 1. The number of benzene rings is 1. The summed E-state index contributed by atoms with van der Waals surface area (Å²) in [5.41, 5.74) is 2.06. The maximum Gasteiger partial charge on any atom is 0.226 e. The molecule has 0 saturated carbocycles. The van der Waals surface area contributed by atoms with Gasteiger partial charge >= 0.3 is 0 Å². The zero-order chi connectivity index (χ0) is 15.9. The van der Waals surface area contributed by atoms with Crippen LogP contribution >= 0.6 is 0 Å². The second-order valence-electron chi connectivity index (χ2n) is 5.66. The summed E-state index contributed by atoms with van der Waals surface area (Å²) in [6.07, 6.45) is 2.72. The lowest BCUT2D eigenvalue weighted by Gasteiger charge is -2.06. The fraction of sp³-hybridized carbons (Fsp3) is 0.471. The molecule has 0 fully saturated rings. The van der Waals surface area contributed by atoms with E-state index in [1.54, 1.807) is 0 Å². The van der Waals surface area contributed by atoms with Gasteiger partial charge in [-0.25, -0.2) is 0 Å². The Kier molecular flexibility index (Phi) is 5.69. The van der Waals surface area contributed by atoms with Crippen molar-refractivity contribution in [1.82, 2.24) is 10.1 Å². The van der Waals surface area contributed by atoms with Crippen LogP contribution in [0.1, 0.15) is 56.8 Å². The summed E-state index contributed by atoms with van der Waals surface area (Å²) in [7, 11) is 0. The minimum atomic E-state index is 0.0110. The highest BCUT2D eigenvalue weighted by Crippen LogP contribution is 2.13. The van der Waals surface area contributed by atoms with Crippen molar-refractivity contribution in [1.29, 1.82) is 0 Å². The van der Waals surface area contributed by atoms with E-state index in [9.17, 15) is 4.79 Å². The molecule has 1 amide bonds. The van der Waals surface area contributed by atoms with E-state index in [0.717, 1.165) is 17.9 Å². The molecule has 0 radical (unpaired) electrons. The molecule has 0 aliphatic rings. The number of anilines is 1. The SMILES string of the molecule is CCc1cccc(NC(=O)CCCc2nc(C(C)C)no2)c1. The van der Waals surface area contributed by atoms with Gasteiger partial charge in [0.2, 0.25) is 11.8 Å². The molecule has 2 aromatic rings. The number of carbonyl (C=O) groups is 1. The van der Waals surface area contributed by atoms with Gasteiger partial charge in [0.1, 0.15) is 0 Å². The Morgan fingerprint density at radius 3 is 2.86 bits per heavy atom. The molecule has 1 aromatic carbocycles. The van der Waals surface area contributed by atoms with Crippen molar-refractivity contribution in [2.24, 2.45) is 0 Å². The number of hydrogen-bond donors (Lipinski definition) is 1. The molecule has 0 atom stereocenters. The molecule has 0 spiro atoms. The minimum Gasteiger partial charge on any atom is -0.339 e. The largest absolute Gasteiger partial charge is 0.339 e. The second kappa shape index (κ2) is 7.73. The number of hydrogen-bond acceptors (Lipinski definition) is 4. The maximum atomic E-state index is 11.9. The van der Waals surface area contributed by atoms with Crippen molar-refractivity contribution >= 4 is 11.6 Å². The molecule has 1 N–H and O–H groups in total.